The largest absolute Gasteiger partial charge is 0.497 e. The molecular formula is C27H46N4O5S. The Morgan fingerprint density at radius 2 is 1.68 bits per heavy atom. The number of methoxy groups -OCH3 is 1. The molecule has 3 rings (SSSR count). The van der Waals surface area contributed by atoms with E-state index in [1.165, 1.54) is 43.8 Å². The standard InChI is InChI=1S/C27H46N4O5S/c1-22-19-25(35-5)20-23(2)27(22)37(33,34)29(4)17-18-36-21-26(32)31-11-8-24(9-12-31)7-6-10-30-15-13-28(3)14-16-30/h19-20,24H,6-18,21H2,1-5H3. The second-order valence-electron chi connectivity index (χ2n) is 10.6. The Morgan fingerprint density at radius 3 is 2.27 bits per heavy atom. The van der Waals surface area contributed by atoms with E-state index in [2.05, 4.69) is 16.8 Å². The van der Waals surface area contributed by atoms with Gasteiger partial charge >= 0.3 is 0 Å². The minimum Gasteiger partial charge on any atom is -0.497 e. The van der Waals surface area contributed by atoms with Crippen LogP contribution in [-0.4, -0.2) is 120 Å². The molecule has 9 nitrogen and oxygen atoms in total. The monoisotopic (exact) mass is 538 g/mol. The number of likely N-dealkylation sites (N-methyl/N-ethyl adjacent to an activating group) is 2. The first-order valence-corrected chi connectivity index (χ1v) is 14.9. The van der Waals surface area contributed by atoms with Gasteiger partial charge < -0.3 is 24.2 Å². The van der Waals surface area contributed by atoms with Crippen LogP contribution in [-0.2, 0) is 19.6 Å². The Balaban J connectivity index is 1.33. The van der Waals surface area contributed by atoms with Crippen LogP contribution in [0.25, 0.3) is 0 Å². The quantitative estimate of drug-likeness (QED) is 0.378. The summed E-state index contributed by atoms with van der Waals surface area (Å²) in [6.07, 6.45) is 4.57. The average molecular weight is 539 g/mol. The highest BCUT2D eigenvalue weighted by molar-refractivity contribution is 7.89. The van der Waals surface area contributed by atoms with E-state index in [1.807, 2.05) is 4.90 Å². The molecule has 37 heavy (non-hydrogen) atoms. The molecule has 2 saturated heterocycles. The number of benzene rings is 1. The number of carbonyl (C=O) groups excluding carboxylic acids is 1. The maximum absolute atomic E-state index is 13.1. The first kappa shape index (κ1) is 29.8. The van der Waals surface area contributed by atoms with Gasteiger partial charge in [0, 0.05) is 52.9 Å². The van der Waals surface area contributed by atoms with E-state index in [4.69, 9.17) is 9.47 Å². The van der Waals surface area contributed by atoms with E-state index in [0.717, 1.165) is 39.0 Å². The van der Waals surface area contributed by atoms with Crippen molar-refractivity contribution in [3.8, 4) is 5.75 Å². The zero-order valence-corrected chi connectivity index (χ0v) is 24.2. The zero-order valence-electron chi connectivity index (χ0n) is 23.4. The molecule has 0 N–H and O–H groups in total. The molecule has 2 heterocycles. The molecule has 0 radical (unpaired) electrons. The van der Waals surface area contributed by atoms with E-state index in [0.29, 0.717) is 27.7 Å². The van der Waals surface area contributed by atoms with Crippen LogP contribution in [0.4, 0.5) is 0 Å². The van der Waals surface area contributed by atoms with Gasteiger partial charge in [-0.3, -0.25) is 4.79 Å². The fourth-order valence-electron chi connectivity index (χ4n) is 5.30. The lowest BCUT2D eigenvalue weighted by Crippen LogP contribution is -2.44. The molecule has 10 heteroatoms. The van der Waals surface area contributed by atoms with Gasteiger partial charge in [0.1, 0.15) is 12.4 Å². The lowest BCUT2D eigenvalue weighted by atomic mass is 9.92. The second kappa shape index (κ2) is 13.9. The van der Waals surface area contributed by atoms with Crippen LogP contribution in [0.5, 0.6) is 5.75 Å². The molecular weight excluding hydrogens is 492 g/mol. The number of ether oxygens (including phenoxy) is 2. The van der Waals surface area contributed by atoms with Crippen LogP contribution in [0, 0.1) is 19.8 Å². The number of piperidine rings is 1. The summed E-state index contributed by atoms with van der Waals surface area (Å²) in [6, 6.07) is 3.44. The molecule has 0 saturated carbocycles. The third-order valence-corrected chi connectivity index (χ3v) is 9.93. The summed E-state index contributed by atoms with van der Waals surface area (Å²) in [5.74, 6) is 1.32. The molecule has 210 valence electrons. The first-order valence-electron chi connectivity index (χ1n) is 13.5. The van der Waals surface area contributed by atoms with Crippen molar-refractivity contribution in [2.24, 2.45) is 5.92 Å². The number of likely N-dealkylation sites (tertiary alicyclic amines) is 1. The van der Waals surface area contributed by atoms with Gasteiger partial charge in [0.25, 0.3) is 0 Å². The molecule has 2 aliphatic rings. The number of sulfonamides is 1. The maximum Gasteiger partial charge on any atom is 0.248 e. The summed E-state index contributed by atoms with van der Waals surface area (Å²) in [5.41, 5.74) is 1.28. The second-order valence-corrected chi connectivity index (χ2v) is 12.6. The maximum atomic E-state index is 13.1. The van der Waals surface area contributed by atoms with Crippen molar-refractivity contribution in [2.45, 2.75) is 44.4 Å². The summed E-state index contributed by atoms with van der Waals surface area (Å²) in [5, 5.41) is 0. The molecule has 2 fully saturated rings. The fourth-order valence-corrected chi connectivity index (χ4v) is 6.86. The van der Waals surface area contributed by atoms with Crippen molar-refractivity contribution in [3.63, 3.8) is 0 Å². The van der Waals surface area contributed by atoms with Gasteiger partial charge in [-0.25, -0.2) is 8.42 Å². The molecule has 0 aliphatic carbocycles. The number of amides is 1. The zero-order chi connectivity index (χ0) is 27.0. The van der Waals surface area contributed by atoms with Crippen molar-refractivity contribution in [3.05, 3.63) is 23.3 Å². The topological polar surface area (TPSA) is 82.6 Å². The van der Waals surface area contributed by atoms with Crippen molar-refractivity contribution in [1.29, 1.82) is 0 Å². The molecule has 0 spiro atoms. The summed E-state index contributed by atoms with van der Waals surface area (Å²) in [7, 11) is 1.61. The lowest BCUT2D eigenvalue weighted by molar-refractivity contribution is -0.137. The highest BCUT2D eigenvalue weighted by atomic mass is 32.2. The minimum atomic E-state index is -3.67. The summed E-state index contributed by atoms with van der Waals surface area (Å²) >= 11 is 0. The number of nitrogens with zero attached hydrogens (tertiary/aromatic N) is 4. The SMILES string of the molecule is COc1cc(C)c(S(=O)(=O)N(C)CCOCC(=O)N2CCC(CCCN3CCN(C)CC3)CC2)c(C)c1. The molecule has 0 atom stereocenters. The molecule has 2 aliphatic heterocycles. The third-order valence-electron chi connectivity index (χ3n) is 7.76. The van der Waals surface area contributed by atoms with E-state index in [-0.39, 0.29) is 25.7 Å². The van der Waals surface area contributed by atoms with E-state index < -0.39 is 10.0 Å². The van der Waals surface area contributed by atoms with Crippen LogP contribution >= 0.6 is 0 Å². The molecule has 0 aromatic heterocycles. The van der Waals surface area contributed by atoms with Gasteiger partial charge in [0.2, 0.25) is 15.9 Å². The van der Waals surface area contributed by atoms with E-state index in [9.17, 15) is 13.2 Å². The van der Waals surface area contributed by atoms with Crippen molar-refractivity contribution < 1.29 is 22.7 Å². The molecule has 1 amide bonds. The van der Waals surface area contributed by atoms with Crippen molar-refractivity contribution in [1.82, 2.24) is 19.0 Å². The fraction of sp³-hybridized carbons (Fsp3) is 0.741. The lowest BCUT2D eigenvalue weighted by Gasteiger charge is -2.34. The number of carbonyl (C=O) groups is 1. The number of hydrogen-bond donors (Lipinski definition) is 0. The Bertz CT molecular complexity index is 964. The summed E-state index contributed by atoms with van der Waals surface area (Å²) in [6.45, 7) is 11.3. The molecule has 1 aromatic carbocycles. The highest BCUT2D eigenvalue weighted by Gasteiger charge is 2.26. The Kier molecular flexibility index (Phi) is 11.2. The Labute approximate surface area is 223 Å². The summed E-state index contributed by atoms with van der Waals surface area (Å²) < 4.78 is 38.3. The normalized spacial score (nSPS) is 18.5. The van der Waals surface area contributed by atoms with E-state index in [1.54, 1.807) is 33.1 Å². The molecule has 0 bridgehead atoms. The summed E-state index contributed by atoms with van der Waals surface area (Å²) in [4.78, 5) is 19.7. The van der Waals surface area contributed by atoms with Gasteiger partial charge in [0.15, 0.2) is 0 Å². The van der Waals surface area contributed by atoms with Crippen LogP contribution in [0.3, 0.4) is 0 Å². The predicted octanol–water partition coefficient (Wildman–Crippen LogP) is 2.22. The Morgan fingerprint density at radius 1 is 1.05 bits per heavy atom. The smallest absolute Gasteiger partial charge is 0.248 e. The van der Waals surface area contributed by atoms with Crippen molar-refractivity contribution >= 4 is 15.9 Å². The van der Waals surface area contributed by atoms with Gasteiger partial charge in [-0.05, 0) is 82.3 Å². The number of piperazine rings is 1. The highest BCUT2D eigenvalue weighted by Crippen LogP contribution is 2.27. The van der Waals surface area contributed by atoms with Gasteiger partial charge in [-0.15, -0.1) is 0 Å². The average Bonchev–Trinajstić information content (AvgIpc) is 2.87. The van der Waals surface area contributed by atoms with Gasteiger partial charge in [-0.2, -0.15) is 4.31 Å². The van der Waals surface area contributed by atoms with E-state index >= 15 is 0 Å². The van der Waals surface area contributed by atoms with Crippen LogP contribution in [0.15, 0.2) is 17.0 Å². The third kappa shape index (κ3) is 8.38. The minimum absolute atomic E-state index is 0.0109. The van der Waals surface area contributed by atoms with Crippen molar-refractivity contribution in [2.75, 3.05) is 86.8 Å². The molecule has 1 aromatic rings. The van der Waals surface area contributed by atoms with Crippen LogP contribution in [0.2, 0.25) is 0 Å². The van der Waals surface area contributed by atoms with Gasteiger partial charge in [0.05, 0.1) is 18.6 Å². The van der Waals surface area contributed by atoms with Crippen LogP contribution < -0.4 is 4.74 Å². The number of hydrogen-bond acceptors (Lipinski definition) is 7. The first-order chi connectivity index (χ1) is 17.6. The Hall–Kier alpha value is -1.72. The molecule has 0 unspecified atom stereocenters. The predicted molar refractivity (Wildman–Crippen MR) is 146 cm³/mol. The van der Waals surface area contributed by atoms with Gasteiger partial charge in [-0.1, -0.05) is 0 Å². The van der Waals surface area contributed by atoms with Crippen LogP contribution in [0.1, 0.15) is 36.8 Å². The number of rotatable bonds is 12. The number of aryl methyl sites for hydroxylation is 2.